The number of carbonyl (C=O) groups excluding carboxylic acids is 1. The summed E-state index contributed by atoms with van der Waals surface area (Å²) >= 11 is 12.3. The summed E-state index contributed by atoms with van der Waals surface area (Å²) in [7, 11) is 0. The molecule has 0 bridgehead atoms. The summed E-state index contributed by atoms with van der Waals surface area (Å²) < 4.78 is 0. The van der Waals surface area contributed by atoms with Gasteiger partial charge in [0.25, 0.3) is 11.6 Å². The Morgan fingerprint density at radius 3 is 2.31 bits per heavy atom. The van der Waals surface area contributed by atoms with Crippen molar-refractivity contribution in [3.63, 3.8) is 0 Å². The summed E-state index contributed by atoms with van der Waals surface area (Å²) in [5.41, 5.74) is 2.07. The number of non-ortho nitro benzene ring substituents is 1. The summed E-state index contributed by atoms with van der Waals surface area (Å²) in [6.45, 7) is 0. The Morgan fingerprint density at radius 1 is 0.966 bits per heavy atom. The number of halogens is 2. The van der Waals surface area contributed by atoms with Crippen LogP contribution in [0.2, 0.25) is 10.0 Å². The Morgan fingerprint density at radius 2 is 1.66 bits per heavy atom. The molecule has 1 amide bonds. The summed E-state index contributed by atoms with van der Waals surface area (Å²) in [6, 6.07) is 16.2. The number of nitrogens with zero attached hydrogens (tertiary/aromatic N) is 4. The van der Waals surface area contributed by atoms with Gasteiger partial charge in [0.2, 0.25) is 0 Å². The van der Waals surface area contributed by atoms with Gasteiger partial charge in [0.05, 0.1) is 31.9 Å². The van der Waals surface area contributed by atoms with Gasteiger partial charge in [-0.25, -0.2) is 0 Å². The third kappa shape index (κ3) is 3.75. The Kier molecular flexibility index (Phi) is 4.87. The standard InChI is InChI=1S/C19H11Cl2N5O3/c20-14-8-12(26(28)29)6-7-13(14)19(27)22-16-10-18-17(9-15(16)21)23-25(24-18)11-4-2-1-3-5-11/h1-10H,(H,22,27). The highest BCUT2D eigenvalue weighted by atomic mass is 35.5. The number of fused-ring (bicyclic) bond motifs is 1. The molecular weight excluding hydrogens is 417 g/mol. The molecule has 0 unspecified atom stereocenters. The quantitative estimate of drug-likeness (QED) is 0.368. The maximum atomic E-state index is 12.6. The first-order chi connectivity index (χ1) is 13.9. The molecule has 0 radical (unpaired) electrons. The van der Waals surface area contributed by atoms with Crippen molar-refractivity contribution in [2.24, 2.45) is 0 Å². The lowest BCUT2D eigenvalue weighted by molar-refractivity contribution is -0.384. The van der Waals surface area contributed by atoms with Crippen LogP contribution in [0.15, 0.2) is 60.7 Å². The van der Waals surface area contributed by atoms with Crippen molar-refractivity contribution < 1.29 is 9.72 Å². The monoisotopic (exact) mass is 427 g/mol. The van der Waals surface area contributed by atoms with Crippen molar-refractivity contribution in [3.8, 4) is 5.69 Å². The number of aromatic nitrogens is 3. The number of hydrogen-bond acceptors (Lipinski definition) is 5. The number of nitrogens with one attached hydrogen (secondary N) is 1. The van der Waals surface area contributed by atoms with Crippen LogP contribution in [0.5, 0.6) is 0 Å². The highest BCUT2D eigenvalue weighted by Gasteiger charge is 2.17. The minimum Gasteiger partial charge on any atom is -0.321 e. The minimum atomic E-state index is -0.589. The third-order valence-corrected chi connectivity index (χ3v) is 4.74. The second-order valence-electron chi connectivity index (χ2n) is 6.02. The van der Waals surface area contributed by atoms with Crippen LogP contribution in [-0.4, -0.2) is 25.8 Å². The molecule has 10 heteroatoms. The molecule has 0 atom stereocenters. The third-order valence-electron chi connectivity index (χ3n) is 4.11. The Balaban J connectivity index is 1.65. The second-order valence-corrected chi connectivity index (χ2v) is 6.84. The van der Waals surface area contributed by atoms with Gasteiger partial charge in [-0.15, -0.1) is 10.2 Å². The number of rotatable bonds is 4. The summed E-state index contributed by atoms with van der Waals surface area (Å²) in [5, 5.41) is 22.5. The molecule has 29 heavy (non-hydrogen) atoms. The van der Waals surface area contributed by atoms with E-state index in [1.54, 1.807) is 12.1 Å². The molecule has 1 N–H and O–H groups in total. The van der Waals surface area contributed by atoms with Crippen molar-refractivity contribution in [1.29, 1.82) is 0 Å². The zero-order chi connectivity index (χ0) is 20.5. The van der Waals surface area contributed by atoms with Crippen LogP contribution in [-0.2, 0) is 0 Å². The zero-order valence-corrected chi connectivity index (χ0v) is 16.1. The van der Waals surface area contributed by atoms with E-state index in [1.165, 1.54) is 16.9 Å². The van der Waals surface area contributed by atoms with Gasteiger partial charge >= 0.3 is 0 Å². The van der Waals surface area contributed by atoms with Crippen LogP contribution in [0.1, 0.15) is 10.4 Å². The molecule has 0 spiro atoms. The van der Waals surface area contributed by atoms with Gasteiger partial charge < -0.3 is 5.32 Å². The number of amides is 1. The van der Waals surface area contributed by atoms with Gasteiger partial charge in [-0.05, 0) is 30.3 Å². The van der Waals surface area contributed by atoms with E-state index in [-0.39, 0.29) is 21.3 Å². The molecule has 1 heterocycles. The van der Waals surface area contributed by atoms with Crippen molar-refractivity contribution in [1.82, 2.24) is 15.0 Å². The van der Waals surface area contributed by atoms with E-state index in [0.29, 0.717) is 16.7 Å². The van der Waals surface area contributed by atoms with Gasteiger partial charge in [0.1, 0.15) is 11.0 Å². The number of benzene rings is 3. The molecule has 0 saturated heterocycles. The van der Waals surface area contributed by atoms with Crippen LogP contribution in [0.25, 0.3) is 16.7 Å². The molecule has 1 aromatic heterocycles. The summed E-state index contributed by atoms with van der Waals surface area (Å²) in [6.07, 6.45) is 0. The molecule has 0 aliphatic heterocycles. The van der Waals surface area contributed by atoms with E-state index >= 15 is 0 Å². The average Bonchev–Trinajstić information content (AvgIpc) is 3.11. The normalized spacial score (nSPS) is 10.8. The highest BCUT2D eigenvalue weighted by molar-refractivity contribution is 6.36. The number of carbonyl (C=O) groups is 1. The molecule has 0 fully saturated rings. The lowest BCUT2D eigenvalue weighted by Crippen LogP contribution is -2.13. The summed E-state index contributed by atoms with van der Waals surface area (Å²) in [4.78, 5) is 24.3. The Bertz CT molecular complexity index is 1260. The van der Waals surface area contributed by atoms with Gasteiger partial charge in [0.15, 0.2) is 0 Å². The van der Waals surface area contributed by atoms with Crippen LogP contribution in [0.4, 0.5) is 11.4 Å². The lowest BCUT2D eigenvalue weighted by Gasteiger charge is -2.08. The van der Waals surface area contributed by atoms with Crippen LogP contribution >= 0.6 is 23.2 Å². The fraction of sp³-hybridized carbons (Fsp3) is 0. The lowest BCUT2D eigenvalue weighted by atomic mass is 10.2. The van der Waals surface area contributed by atoms with Gasteiger partial charge in [-0.2, -0.15) is 4.80 Å². The average molecular weight is 428 g/mol. The van der Waals surface area contributed by atoms with Gasteiger partial charge in [-0.1, -0.05) is 41.4 Å². The first-order valence-corrected chi connectivity index (χ1v) is 9.05. The van der Waals surface area contributed by atoms with Crippen molar-refractivity contribution in [2.75, 3.05) is 5.32 Å². The molecule has 8 nitrogen and oxygen atoms in total. The number of nitro groups is 1. The summed E-state index contributed by atoms with van der Waals surface area (Å²) in [5.74, 6) is -0.554. The predicted octanol–water partition coefficient (Wildman–Crippen LogP) is 4.89. The van der Waals surface area contributed by atoms with E-state index in [9.17, 15) is 14.9 Å². The van der Waals surface area contributed by atoms with Crippen molar-refractivity contribution in [2.45, 2.75) is 0 Å². The smallest absolute Gasteiger partial charge is 0.270 e. The molecule has 4 aromatic rings. The molecule has 0 aliphatic rings. The van der Waals surface area contributed by atoms with E-state index in [4.69, 9.17) is 23.2 Å². The first-order valence-electron chi connectivity index (χ1n) is 8.30. The van der Waals surface area contributed by atoms with E-state index in [0.717, 1.165) is 11.8 Å². The largest absolute Gasteiger partial charge is 0.321 e. The van der Waals surface area contributed by atoms with Crippen molar-refractivity contribution >= 4 is 51.5 Å². The van der Waals surface area contributed by atoms with Crippen molar-refractivity contribution in [3.05, 3.63) is 86.4 Å². The van der Waals surface area contributed by atoms with E-state index in [2.05, 4.69) is 15.5 Å². The predicted molar refractivity (Wildman–Crippen MR) is 110 cm³/mol. The van der Waals surface area contributed by atoms with Crippen LogP contribution in [0, 0.1) is 10.1 Å². The molecule has 0 saturated carbocycles. The van der Waals surface area contributed by atoms with Gasteiger partial charge in [-0.3, -0.25) is 14.9 Å². The second kappa shape index (κ2) is 7.50. The van der Waals surface area contributed by atoms with Crippen LogP contribution < -0.4 is 5.32 Å². The molecule has 0 aliphatic carbocycles. The number of para-hydroxylation sites is 1. The van der Waals surface area contributed by atoms with Gasteiger partial charge in [0, 0.05) is 12.1 Å². The highest BCUT2D eigenvalue weighted by Crippen LogP contribution is 2.29. The van der Waals surface area contributed by atoms with E-state index < -0.39 is 10.8 Å². The fourth-order valence-electron chi connectivity index (χ4n) is 2.70. The van der Waals surface area contributed by atoms with Crippen LogP contribution in [0.3, 0.4) is 0 Å². The fourth-order valence-corrected chi connectivity index (χ4v) is 3.17. The maximum Gasteiger partial charge on any atom is 0.270 e. The molecular formula is C19H11Cl2N5O3. The maximum absolute atomic E-state index is 12.6. The number of anilines is 1. The molecule has 3 aromatic carbocycles. The molecule has 144 valence electrons. The van der Waals surface area contributed by atoms with E-state index in [1.807, 2.05) is 30.3 Å². The number of hydrogen-bond donors (Lipinski definition) is 1. The number of nitro benzene ring substituents is 1. The topological polar surface area (TPSA) is 103 Å². The SMILES string of the molecule is O=C(Nc1cc2nn(-c3ccccc3)nc2cc1Cl)c1ccc([N+](=O)[O-])cc1Cl. The Hall–Kier alpha value is -3.49. The first kappa shape index (κ1) is 18.9. The zero-order valence-electron chi connectivity index (χ0n) is 14.5. The Labute approximate surface area is 173 Å². The minimum absolute atomic E-state index is 0.0380. The molecule has 4 rings (SSSR count).